The second-order valence-electron chi connectivity index (χ2n) is 2.77. The molecule has 1 aromatic carbocycles. The summed E-state index contributed by atoms with van der Waals surface area (Å²) in [6, 6.07) is 8.13. The molecule has 0 aliphatic heterocycles. The SMILES string of the molecule is O=CNc1ccc2ccc(=O)oc2c1. The van der Waals surface area contributed by atoms with Crippen LogP contribution in [0.15, 0.2) is 39.5 Å². The molecule has 1 N–H and O–H groups in total. The summed E-state index contributed by atoms with van der Waals surface area (Å²) in [6.07, 6.45) is 0.572. The number of hydrogen-bond donors (Lipinski definition) is 1. The van der Waals surface area contributed by atoms with Crippen LogP contribution in [0.25, 0.3) is 11.0 Å². The second-order valence-corrected chi connectivity index (χ2v) is 2.77. The minimum absolute atomic E-state index is 0.402. The van der Waals surface area contributed by atoms with Gasteiger partial charge in [-0.15, -0.1) is 0 Å². The maximum atomic E-state index is 10.9. The number of nitrogens with one attached hydrogen (secondary N) is 1. The van der Waals surface area contributed by atoms with Gasteiger partial charge in [0, 0.05) is 23.2 Å². The lowest BCUT2D eigenvalue weighted by atomic mass is 10.2. The quantitative estimate of drug-likeness (QED) is 0.573. The van der Waals surface area contributed by atoms with E-state index in [0.29, 0.717) is 17.7 Å². The molecule has 0 bridgehead atoms. The van der Waals surface area contributed by atoms with Crippen LogP contribution in [-0.4, -0.2) is 6.41 Å². The van der Waals surface area contributed by atoms with Crippen LogP contribution >= 0.6 is 0 Å². The molecule has 0 fully saturated rings. The van der Waals surface area contributed by atoms with Gasteiger partial charge in [0.1, 0.15) is 5.58 Å². The van der Waals surface area contributed by atoms with E-state index in [1.54, 1.807) is 24.3 Å². The van der Waals surface area contributed by atoms with Crippen molar-refractivity contribution in [3.63, 3.8) is 0 Å². The van der Waals surface area contributed by atoms with Gasteiger partial charge in [0.25, 0.3) is 0 Å². The van der Waals surface area contributed by atoms with Gasteiger partial charge in [-0.25, -0.2) is 4.79 Å². The van der Waals surface area contributed by atoms with E-state index in [-0.39, 0.29) is 0 Å². The zero-order valence-corrected chi connectivity index (χ0v) is 7.19. The molecule has 0 radical (unpaired) electrons. The third kappa shape index (κ3) is 1.50. The van der Waals surface area contributed by atoms with Crippen molar-refractivity contribution < 1.29 is 9.21 Å². The summed E-state index contributed by atoms with van der Waals surface area (Å²) in [5, 5.41) is 3.30. The Morgan fingerprint density at radius 1 is 1.21 bits per heavy atom. The highest BCUT2D eigenvalue weighted by Crippen LogP contribution is 2.16. The molecule has 0 saturated heterocycles. The minimum Gasteiger partial charge on any atom is -0.423 e. The van der Waals surface area contributed by atoms with Crippen molar-refractivity contribution in [3.05, 3.63) is 40.8 Å². The monoisotopic (exact) mass is 189 g/mol. The summed E-state index contributed by atoms with van der Waals surface area (Å²) in [5.74, 6) is 0. The first-order valence-electron chi connectivity index (χ1n) is 4.04. The number of hydrogen-bond acceptors (Lipinski definition) is 3. The van der Waals surface area contributed by atoms with Crippen molar-refractivity contribution >= 4 is 23.1 Å². The Morgan fingerprint density at radius 3 is 2.79 bits per heavy atom. The summed E-state index contributed by atoms with van der Waals surface area (Å²) in [4.78, 5) is 21.1. The lowest BCUT2D eigenvalue weighted by Crippen LogP contribution is -1.96. The van der Waals surface area contributed by atoms with Crippen LogP contribution in [-0.2, 0) is 4.79 Å². The number of anilines is 1. The van der Waals surface area contributed by atoms with Gasteiger partial charge in [0.05, 0.1) is 0 Å². The van der Waals surface area contributed by atoms with Gasteiger partial charge >= 0.3 is 5.63 Å². The topological polar surface area (TPSA) is 59.3 Å². The fraction of sp³-hybridized carbons (Fsp3) is 0. The van der Waals surface area contributed by atoms with Gasteiger partial charge in [-0.05, 0) is 18.2 Å². The van der Waals surface area contributed by atoms with Gasteiger partial charge in [0.2, 0.25) is 6.41 Å². The maximum absolute atomic E-state index is 10.9. The first kappa shape index (κ1) is 8.50. The molecule has 0 saturated carbocycles. The van der Waals surface area contributed by atoms with Gasteiger partial charge < -0.3 is 9.73 Å². The Bertz CT molecular complexity index is 530. The van der Waals surface area contributed by atoms with Crippen LogP contribution in [0.5, 0.6) is 0 Å². The smallest absolute Gasteiger partial charge is 0.336 e. The number of fused-ring (bicyclic) bond motifs is 1. The lowest BCUT2D eigenvalue weighted by Gasteiger charge is -1.99. The Morgan fingerprint density at radius 2 is 2.00 bits per heavy atom. The first-order valence-corrected chi connectivity index (χ1v) is 4.04. The summed E-state index contributed by atoms with van der Waals surface area (Å²) in [7, 11) is 0. The molecule has 0 aliphatic carbocycles. The predicted octanol–water partition coefficient (Wildman–Crippen LogP) is 1.36. The fourth-order valence-corrected chi connectivity index (χ4v) is 1.22. The molecule has 4 nitrogen and oxygen atoms in total. The zero-order chi connectivity index (χ0) is 9.97. The van der Waals surface area contributed by atoms with E-state index in [0.717, 1.165) is 5.39 Å². The molecular weight excluding hydrogens is 182 g/mol. The molecule has 1 heterocycles. The highest BCUT2D eigenvalue weighted by atomic mass is 16.4. The zero-order valence-electron chi connectivity index (χ0n) is 7.19. The molecule has 2 aromatic rings. The average molecular weight is 189 g/mol. The van der Waals surface area contributed by atoms with Gasteiger partial charge in [-0.2, -0.15) is 0 Å². The van der Waals surface area contributed by atoms with E-state index in [1.807, 2.05) is 0 Å². The molecule has 4 heteroatoms. The third-order valence-corrected chi connectivity index (χ3v) is 1.85. The Hall–Kier alpha value is -2.10. The molecule has 70 valence electrons. The first-order chi connectivity index (χ1) is 6.79. The summed E-state index contributed by atoms with van der Waals surface area (Å²) in [5.41, 5.74) is 0.659. The third-order valence-electron chi connectivity index (χ3n) is 1.85. The Balaban J connectivity index is 2.63. The number of carbonyl (C=O) groups excluding carboxylic acids is 1. The van der Waals surface area contributed by atoms with E-state index in [9.17, 15) is 9.59 Å². The largest absolute Gasteiger partial charge is 0.423 e. The maximum Gasteiger partial charge on any atom is 0.336 e. The van der Waals surface area contributed by atoms with Crippen LogP contribution < -0.4 is 10.9 Å². The Kier molecular flexibility index (Phi) is 2.02. The van der Waals surface area contributed by atoms with Crippen molar-refractivity contribution in [2.24, 2.45) is 0 Å². The molecule has 1 amide bonds. The lowest BCUT2D eigenvalue weighted by molar-refractivity contribution is -0.105. The molecule has 0 aliphatic rings. The molecule has 0 atom stereocenters. The highest BCUT2D eigenvalue weighted by molar-refractivity contribution is 5.83. The van der Waals surface area contributed by atoms with Crippen molar-refractivity contribution in [2.75, 3.05) is 5.32 Å². The molecule has 2 rings (SSSR count). The molecule has 1 aromatic heterocycles. The van der Waals surface area contributed by atoms with Crippen molar-refractivity contribution in [1.29, 1.82) is 0 Å². The minimum atomic E-state index is -0.402. The predicted molar refractivity (Wildman–Crippen MR) is 52.2 cm³/mol. The van der Waals surface area contributed by atoms with Crippen molar-refractivity contribution in [1.82, 2.24) is 0 Å². The van der Waals surface area contributed by atoms with Crippen LogP contribution in [0.1, 0.15) is 0 Å². The molecule has 0 unspecified atom stereocenters. The molecular formula is C10H7NO3. The number of rotatable bonds is 2. The van der Waals surface area contributed by atoms with E-state index in [4.69, 9.17) is 4.42 Å². The summed E-state index contributed by atoms with van der Waals surface area (Å²) < 4.78 is 4.94. The van der Waals surface area contributed by atoms with E-state index < -0.39 is 5.63 Å². The van der Waals surface area contributed by atoms with Crippen molar-refractivity contribution in [3.8, 4) is 0 Å². The normalized spacial score (nSPS) is 10.0. The Labute approximate surface area is 79.2 Å². The average Bonchev–Trinajstić information content (AvgIpc) is 2.17. The van der Waals surface area contributed by atoms with Crippen LogP contribution in [0.3, 0.4) is 0 Å². The standard InChI is InChI=1S/C10H7NO3/c12-6-11-8-3-1-7-2-4-10(13)14-9(7)5-8/h1-6H,(H,11,12). The highest BCUT2D eigenvalue weighted by Gasteiger charge is 1.97. The second kappa shape index (κ2) is 3.33. The number of amides is 1. The van der Waals surface area contributed by atoms with Crippen LogP contribution in [0.2, 0.25) is 0 Å². The summed E-state index contributed by atoms with van der Waals surface area (Å²) >= 11 is 0. The summed E-state index contributed by atoms with van der Waals surface area (Å²) in [6.45, 7) is 0. The van der Waals surface area contributed by atoms with E-state index in [2.05, 4.69) is 5.32 Å². The molecule has 14 heavy (non-hydrogen) atoms. The fourth-order valence-electron chi connectivity index (χ4n) is 1.22. The van der Waals surface area contributed by atoms with Crippen molar-refractivity contribution in [2.45, 2.75) is 0 Å². The van der Waals surface area contributed by atoms with E-state index >= 15 is 0 Å². The van der Waals surface area contributed by atoms with Gasteiger partial charge in [-0.3, -0.25) is 4.79 Å². The van der Waals surface area contributed by atoms with Gasteiger partial charge in [-0.1, -0.05) is 0 Å². The number of carbonyl (C=O) groups is 1. The van der Waals surface area contributed by atoms with Crippen LogP contribution in [0.4, 0.5) is 5.69 Å². The van der Waals surface area contributed by atoms with Crippen LogP contribution in [0, 0.1) is 0 Å². The number of benzene rings is 1. The van der Waals surface area contributed by atoms with Gasteiger partial charge in [0.15, 0.2) is 0 Å². The van der Waals surface area contributed by atoms with E-state index in [1.165, 1.54) is 6.07 Å². The molecule has 0 spiro atoms.